The van der Waals surface area contributed by atoms with E-state index in [-0.39, 0.29) is 37.2 Å². The van der Waals surface area contributed by atoms with Crippen LogP contribution in [0.1, 0.15) is 32.6 Å². The van der Waals surface area contributed by atoms with Gasteiger partial charge in [-0.2, -0.15) is 0 Å². The topological polar surface area (TPSA) is 0 Å². The van der Waals surface area contributed by atoms with Gasteiger partial charge in [0.25, 0.3) is 0 Å². The molecule has 0 nitrogen and oxygen atoms in total. The molecule has 0 aromatic heterocycles. The van der Waals surface area contributed by atoms with Gasteiger partial charge in [-0.25, -0.2) is 0 Å². The number of allylic oxidation sites excluding steroid dienone is 4. The van der Waals surface area contributed by atoms with Crippen molar-refractivity contribution in [3.63, 3.8) is 0 Å². The molecule has 2 aliphatic rings. The van der Waals surface area contributed by atoms with Crippen molar-refractivity contribution >= 4 is 13.3 Å². The molecule has 0 atom stereocenters. The van der Waals surface area contributed by atoms with Crippen LogP contribution in [0.15, 0.2) is 51.1 Å². The van der Waals surface area contributed by atoms with Crippen LogP contribution < -0.4 is 42.4 Å². The first-order chi connectivity index (χ1) is 9.28. The van der Waals surface area contributed by atoms with Crippen LogP contribution in [0.3, 0.4) is 0 Å². The standard InChI is InChI=1S/C17H21Si.3ClH.Ti/c1-2-15-9-8-12-17(15)18(13-6-7-14-18)16-10-4-3-5-11-16;;;;/h3-5,9-11H,2,6-8,13-14H2,1H3;3*1H;/q;;;;+3/p-3. The van der Waals surface area contributed by atoms with Crippen molar-refractivity contribution in [2.24, 2.45) is 0 Å². The molecule has 3 rings (SSSR count). The van der Waals surface area contributed by atoms with Crippen LogP contribution in [0.25, 0.3) is 0 Å². The predicted molar refractivity (Wildman–Crippen MR) is 80.7 cm³/mol. The number of benzene rings is 1. The van der Waals surface area contributed by atoms with Gasteiger partial charge in [-0.15, -0.1) is 0 Å². The molecule has 1 heterocycles. The van der Waals surface area contributed by atoms with E-state index in [0.29, 0.717) is 0 Å². The van der Waals surface area contributed by atoms with Crippen LogP contribution in [-0.2, 0) is 20.4 Å². The summed E-state index contributed by atoms with van der Waals surface area (Å²) in [5, 5.41) is 3.52. The van der Waals surface area contributed by atoms with E-state index in [0.717, 1.165) is 0 Å². The summed E-state index contributed by atoms with van der Waals surface area (Å²) in [6.45, 7) is 2.33. The Labute approximate surface area is 165 Å². The Morgan fingerprint density at radius 3 is 2.14 bits per heavy atom. The minimum atomic E-state index is -1.41. The first-order valence-electron chi connectivity index (χ1n) is 7.48. The summed E-state index contributed by atoms with van der Waals surface area (Å²) in [6, 6.07) is 14.4. The van der Waals surface area contributed by atoms with Gasteiger partial charge in [0.05, 0.1) is 0 Å². The summed E-state index contributed by atoms with van der Waals surface area (Å²) in [7, 11) is -1.41. The zero-order valence-corrected chi connectivity index (χ0v) is 17.7. The normalized spacial score (nSPS) is 19.0. The first-order valence-corrected chi connectivity index (χ1v) is 10.7. The summed E-state index contributed by atoms with van der Waals surface area (Å²) in [4.78, 5) is 0. The monoisotopic (exact) mass is 406 g/mol. The zero-order valence-electron chi connectivity index (χ0n) is 12.8. The summed E-state index contributed by atoms with van der Waals surface area (Å²) in [5.41, 5.74) is 1.68. The van der Waals surface area contributed by atoms with Crippen molar-refractivity contribution < 1.29 is 57.7 Å². The van der Waals surface area contributed by atoms with Crippen LogP contribution in [0, 0.1) is 0 Å². The Kier molecular flexibility index (Phi) is 9.94. The second-order valence-corrected chi connectivity index (χ2v) is 11.0. The van der Waals surface area contributed by atoms with E-state index in [1.807, 2.05) is 5.20 Å². The van der Waals surface area contributed by atoms with E-state index < -0.39 is 8.07 Å². The maximum Gasteiger partial charge on any atom is -1.00 e. The average molecular weight is 408 g/mol. The molecule has 1 saturated heterocycles. The maximum atomic E-state index is 2.50. The van der Waals surface area contributed by atoms with Crippen LogP contribution in [0.5, 0.6) is 0 Å². The third-order valence-corrected chi connectivity index (χ3v) is 11.4. The zero-order chi connectivity index (χ0) is 13.3. The van der Waals surface area contributed by atoms with E-state index in [1.165, 1.54) is 37.8 Å². The van der Waals surface area contributed by atoms with Crippen molar-refractivity contribution in [1.29, 1.82) is 0 Å². The molecule has 1 aliphatic heterocycles. The smallest absolute Gasteiger partial charge is 1.00 e. The van der Waals surface area contributed by atoms with Gasteiger partial charge in [-0.1, -0.05) is 0 Å². The number of hydrogen-bond acceptors (Lipinski definition) is 0. The molecule has 1 fully saturated rings. The van der Waals surface area contributed by atoms with Gasteiger partial charge in [0.2, 0.25) is 0 Å². The molecule has 1 aromatic rings. The molecule has 0 unspecified atom stereocenters. The van der Waals surface area contributed by atoms with E-state index >= 15 is 0 Å². The molecule has 0 bridgehead atoms. The van der Waals surface area contributed by atoms with Crippen LogP contribution in [0.4, 0.5) is 0 Å². The van der Waals surface area contributed by atoms with Gasteiger partial charge >= 0.3 is 129 Å². The fourth-order valence-electron chi connectivity index (χ4n) is 3.96. The molecule has 0 saturated carbocycles. The summed E-state index contributed by atoms with van der Waals surface area (Å²) >= 11 is 2.38. The maximum absolute atomic E-state index is 2.50. The molecule has 22 heavy (non-hydrogen) atoms. The molecule has 1 aliphatic carbocycles. The molecule has 118 valence electrons. The molecule has 5 heteroatoms. The molecule has 0 N–H and O–H groups in total. The molecule has 0 radical (unpaired) electrons. The minimum Gasteiger partial charge on any atom is -1.00 e. The molecular formula is C17H21Cl3SiTi. The third kappa shape index (κ3) is 3.94. The van der Waals surface area contributed by atoms with E-state index in [1.54, 1.807) is 14.6 Å². The largest absolute Gasteiger partial charge is 1.00 e. The Hall–Kier alpha value is 0.501. The number of halogens is 3. The Bertz CT molecular complexity index is 534. The van der Waals surface area contributed by atoms with E-state index in [2.05, 4.69) is 63.8 Å². The fraction of sp³-hybridized carbons (Fsp3) is 0.412. The first kappa shape index (κ1) is 22.5. The van der Waals surface area contributed by atoms with Gasteiger partial charge in [0.15, 0.2) is 0 Å². The van der Waals surface area contributed by atoms with Crippen LogP contribution >= 0.6 is 0 Å². The van der Waals surface area contributed by atoms with Gasteiger partial charge in [-0.05, 0) is 0 Å². The fourth-order valence-corrected chi connectivity index (χ4v) is 11.2. The summed E-state index contributed by atoms with van der Waals surface area (Å²) < 4.78 is 1.68. The van der Waals surface area contributed by atoms with Crippen molar-refractivity contribution in [2.75, 3.05) is 0 Å². The van der Waals surface area contributed by atoms with Crippen LogP contribution in [-0.4, -0.2) is 8.07 Å². The van der Waals surface area contributed by atoms with E-state index in [4.69, 9.17) is 0 Å². The summed E-state index contributed by atoms with van der Waals surface area (Å²) in [5.74, 6) is 0. The van der Waals surface area contributed by atoms with Crippen molar-refractivity contribution in [1.82, 2.24) is 0 Å². The Morgan fingerprint density at radius 2 is 1.59 bits per heavy atom. The van der Waals surface area contributed by atoms with Crippen LogP contribution in [0.2, 0.25) is 12.1 Å². The third-order valence-electron chi connectivity index (χ3n) is 4.82. The quantitative estimate of drug-likeness (QED) is 0.442. The van der Waals surface area contributed by atoms with Gasteiger partial charge in [0.1, 0.15) is 0 Å². The molecule has 0 amide bonds. The SMILES string of the molecule is CCC1=CC[C]([Ti+3])=C1[Si]1(c2ccccc2)CCCC1.[Cl-].[Cl-].[Cl-]. The number of hydrogen-bond donors (Lipinski definition) is 0. The summed E-state index contributed by atoms with van der Waals surface area (Å²) in [6.07, 6.45) is 7.80. The Morgan fingerprint density at radius 1 is 1.00 bits per heavy atom. The predicted octanol–water partition coefficient (Wildman–Crippen LogP) is -4.77. The van der Waals surface area contributed by atoms with Gasteiger partial charge in [0, 0.05) is 0 Å². The van der Waals surface area contributed by atoms with Crippen molar-refractivity contribution in [3.05, 3.63) is 51.1 Å². The number of rotatable bonds is 3. The molecule has 1 aromatic carbocycles. The van der Waals surface area contributed by atoms with Gasteiger partial charge in [-0.3, -0.25) is 0 Å². The minimum absolute atomic E-state index is 0. The van der Waals surface area contributed by atoms with E-state index in [9.17, 15) is 0 Å². The Balaban J connectivity index is 0.00000147. The molecule has 0 spiro atoms. The second-order valence-electron chi connectivity index (χ2n) is 5.80. The van der Waals surface area contributed by atoms with Gasteiger partial charge < -0.3 is 37.2 Å². The molecular weight excluding hydrogens is 386 g/mol. The van der Waals surface area contributed by atoms with Crippen molar-refractivity contribution in [3.8, 4) is 0 Å². The average Bonchev–Trinajstić information content (AvgIpc) is 3.07. The second kappa shape index (κ2) is 9.71. The van der Waals surface area contributed by atoms with Crippen molar-refractivity contribution in [2.45, 2.75) is 44.7 Å².